The maximum absolute atomic E-state index is 12.3. The van der Waals surface area contributed by atoms with E-state index in [4.69, 9.17) is 10.5 Å². The molecule has 2 fully saturated rings. The third kappa shape index (κ3) is 3.25. The third-order valence-electron chi connectivity index (χ3n) is 4.98. The topological polar surface area (TPSA) is 67.6 Å². The lowest BCUT2D eigenvalue weighted by molar-refractivity contribution is -0.117. The van der Waals surface area contributed by atoms with Gasteiger partial charge in [0.1, 0.15) is 5.75 Å². The summed E-state index contributed by atoms with van der Waals surface area (Å²) in [5.41, 5.74) is 6.96. The van der Waals surface area contributed by atoms with E-state index >= 15 is 0 Å². The van der Waals surface area contributed by atoms with Crippen LogP contribution in [0.3, 0.4) is 0 Å². The number of para-hydroxylation sites is 2. The van der Waals surface area contributed by atoms with Gasteiger partial charge < -0.3 is 15.8 Å². The van der Waals surface area contributed by atoms with Crippen molar-refractivity contribution in [2.45, 2.75) is 25.3 Å². The lowest BCUT2D eigenvalue weighted by Gasteiger charge is -2.29. The predicted molar refractivity (Wildman–Crippen MR) is 86.9 cm³/mol. The van der Waals surface area contributed by atoms with Gasteiger partial charge in [0.05, 0.1) is 19.3 Å². The van der Waals surface area contributed by atoms with Gasteiger partial charge in [-0.1, -0.05) is 18.6 Å². The number of anilines is 1. The highest BCUT2D eigenvalue weighted by molar-refractivity contribution is 5.93. The molecule has 1 aliphatic heterocycles. The van der Waals surface area contributed by atoms with Gasteiger partial charge in [0, 0.05) is 19.1 Å². The molecule has 3 N–H and O–H groups in total. The molecule has 1 aromatic rings. The summed E-state index contributed by atoms with van der Waals surface area (Å²) in [5, 5.41) is 2.94. The van der Waals surface area contributed by atoms with Crippen LogP contribution < -0.4 is 15.8 Å². The van der Waals surface area contributed by atoms with Crippen LogP contribution in [0.25, 0.3) is 0 Å². The summed E-state index contributed by atoms with van der Waals surface area (Å²) >= 11 is 0. The molecule has 0 aromatic heterocycles. The number of fused-ring (bicyclic) bond motifs is 1. The van der Waals surface area contributed by atoms with Crippen molar-refractivity contribution in [3.05, 3.63) is 24.3 Å². The summed E-state index contributed by atoms with van der Waals surface area (Å²) in [6.07, 6.45) is 3.61. The molecule has 0 radical (unpaired) electrons. The van der Waals surface area contributed by atoms with E-state index < -0.39 is 0 Å². The monoisotopic (exact) mass is 303 g/mol. The Bertz CT molecular complexity index is 534. The zero-order valence-electron chi connectivity index (χ0n) is 13.1. The van der Waals surface area contributed by atoms with Crippen LogP contribution in [0.4, 0.5) is 5.69 Å². The minimum Gasteiger partial charge on any atom is -0.495 e. The zero-order chi connectivity index (χ0) is 15.5. The number of rotatable bonds is 4. The lowest BCUT2D eigenvalue weighted by Crippen LogP contribution is -2.38. The van der Waals surface area contributed by atoms with E-state index in [-0.39, 0.29) is 5.91 Å². The van der Waals surface area contributed by atoms with Gasteiger partial charge in [0.15, 0.2) is 0 Å². The Labute approximate surface area is 131 Å². The Morgan fingerprint density at radius 2 is 2.18 bits per heavy atom. The molecule has 1 amide bonds. The summed E-state index contributed by atoms with van der Waals surface area (Å²) in [5.74, 6) is 1.93. The molecule has 2 aliphatic rings. The Morgan fingerprint density at radius 1 is 1.36 bits per heavy atom. The zero-order valence-corrected chi connectivity index (χ0v) is 13.1. The molecule has 22 heavy (non-hydrogen) atoms. The fourth-order valence-corrected chi connectivity index (χ4v) is 3.88. The molecule has 1 aromatic carbocycles. The first-order chi connectivity index (χ1) is 10.7. The average Bonchev–Trinajstić information content (AvgIpc) is 2.91. The molecule has 3 unspecified atom stereocenters. The molecule has 1 aliphatic carbocycles. The summed E-state index contributed by atoms with van der Waals surface area (Å²) in [6, 6.07) is 7.79. The SMILES string of the molecule is COc1ccccc1NC(=O)CN1CC2CCCC(N)C2C1. The van der Waals surface area contributed by atoms with E-state index in [2.05, 4.69) is 10.2 Å². The number of methoxy groups -OCH3 is 1. The Hall–Kier alpha value is -1.59. The minimum atomic E-state index is 0.0109. The lowest BCUT2D eigenvalue weighted by atomic mass is 9.78. The number of carbonyl (C=O) groups excluding carboxylic acids is 1. The molecule has 0 bridgehead atoms. The van der Waals surface area contributed by atoms with Crippen molar-refractivity contribution in [1.29, 1.82) is 0 Å². The highest BCUT2D eigenvalue weighted by Crippen LogP contribution is 2.35. The van der Waals surface area contributed by atoms with E-state index in [9.17, 15) is 4.79 Å². The van der Waals surface area contributed by atoms with Crippen molar-refractivity contribution in [1.82, 2.24) is 4.90 Å². The molecule has 3 atom stereocenters. The Balaban J connectivity index is 1.56. The van der Waals surface area contributed by atoms with Gasteiger partial charge in [-0.25, -0.2) is 0 Å². The van der Waals surface area contributed by atoms with Crippen molar-refractivity contribution in [2.24, 2.45) is 17.6 Å². The van der Waals surface area contributed by atoms with Crippen molar-refractivity contribution >= 4 is 11.6 Å². The quantitative estimate of drug-likeness (QED) is 0.888. The van der Waals surface area contributed by atoms with Gasteiger partial charge in [-0.15, -0.1) is 0 Å². The first kappa shape index (κ1) is 15.3. The van der Waals surface area contributed by atoms with Crippen molar-refractivity contribution in [3.63, 3.8) is 0 Å². The smallest absolute Gasteiger partial charge is 0.238 e. The standard InChI is InChI=1S/C17H25N3O2/c1-22-16-8-3-2-7-15(16)19-17(21)11-20-9-12-5-4-6-14(18)13(12)10-20/h2-3,7-8,12-14H,4-6,9-11,18H2,1H3,(H,19,21). The number of ether oxygens (including phenoxy) is 1. The maximum Gasteiger partial charge on any atom is 0.238 e. The van der Waals surface area contributed by atoms with Gasteiger partial charge >= 0.3 is 0 Å². The largest absolute Gasteiger partial charge is 0.495 e. The van der Waals surface area contributed by atoms with E-state index in [0.717, 1.165) is 25.2 Å². The molecular weight excluding hydrogens is 278 g/mol. The second-order valence-electron chi connectivity index (χ2n) is 6.46. The van der Waals surface area contributed by atoms with Gasteiger partial charge in [0.2, 0.25) is 5.91 Å². The number of likely N-dealkylation sites (tertiary alicyclic amines) is 1. The van der Waals surface area contributed by atoms with Crippen LogP contribution in [-0.2, 0) is 4.79 Å². The highest BCUT2D eigenvalue weighted by atomic mass is 16.5. The first-order valence-electron chi connectivity index (χ1n) is 8.08. The average molecular weight is 303 g/mol. The van der Waals surface area contributed by atoms with Crippen LogP contribution >= 0.6 is 0 Å². The van der Waals surface area contributed by atoms with Crippen LogP contribution in [0.1, 0.15) is 19.3 Å². The second-order valence-corrected chi connectivity index (χ2v) is 6.46. The van der Waals surface area contributed by atoms with E-state index in [1.165, 1.54) is 12.8 Å². The number of nitrogens with one attached hydrogen (secondary N) is 1. The first-order valence-corrected chi connectivity index (χ1v) is 8.08. The van der Waals surface area contributed by atoms with Gasteiger partial charge in [-0.3, -0.25) is 9.69 Å². The van der Waals surface area contributed by atoms with Crippen molar-refractivity contribution in [2.75, 3.05) is 32.1 Å². The van der Waals surface area contributed by atoms with Crippen LogP contribution in [0, 0.1) is 11.8 Å². The van der Waals surface area contributed by atoms with Gasteiger partial charge in [-0.05, 0) is 36.8 Å². The van der Waals surface area contributed by atoms with E-state index in [1.54, 1.807) is 7.11 Å². The minimum absolute atomic E-state index is 0.0109. The van der Waals surface area contributed by atoms with Crippen LogP contribution in [-0.4, -0.2) is 43.6 Å². The fraction of sp³-hybridized carbons (Fsp3) is 0.588. The Morgan fingerprint density at radius 3 is 2.95 bits per heavy atom. The molecule has 3 rings (SSSR count). The van der Waals surface area contributed by atoms with Crippen molar-refractivity contribution in [3.8, 4) is 5.75 Å². The molecule has 5 heteroatoms. The number of nitrogens with two attached hydrogens (primary N) is 1. The number of hydrogen-bond acceptors (Lipinski definition) is 4. The molecule has 120 valence electrons. The third-order valence-corrected chi connectivity index (χ3v) is 4.98. The van der Waals surface area contributed by atoms with Gasteiger partial charge in [-0.2, -0.15) is 0 Å². The molecule has 5 nitrogen and oxygen atoms in total. The van der Waals surface area contributed by atoms with Crippen LogP contribution in [0.15, 0.2) is 24.3 Å². The molecule has 1 heterocycles. The van der Waals surface area contributed by atoms with Gasteiger partial charge in [0.25, 0.3) is 0 Å². The number of nitrogens with zero attached hydrogens (tertiary/aromatic N) is 1. The number of hydrogen-bond donors (Lipinski definition) is 2. The summed E-state index contributed by atoms with van der Waals surface area (Å²) in [4.78, 5) is 14.5. The number of carbonyl (C=O) groups is 1. The maximum atomic E-state index is 12.3. The molecule has 1 saturated heterocycles. The number of benzene rings is 1. The van der Waals surface area contributed by atoms with Crippen molar-refractivity contribution < 1.29 is 9.53 Å². The Kier molecular flexibility index (Phi) is 4.64. The molecular formula is C17H25N3O2. The number of amides is 1. The van der Waals surface area contributed by atoms with E-state index in [0.29, 0.717) is 30.2 Å². The summed E-state index contributed by atoms with van der Waals surface area (Å²) < 4.78 is 5.26. The van der Waals surface area contributed by atoms with E-state index in [1.807, 2.05) is 24.3 Å². The van der Waals surface area contributed by atoms with Crippen LogP contribution in [0.2, 0.25) is 0 Å². The predicted octanol–water partition coefficient (Wildman–Crippen LogP) is 1.69. The summed E-state index contributed by atoms with van der Waals surface area (Å²) in [7, 11) is 1.61. The summed E-state index contributed by atoms with van der Waals surface area (Å²) in [6.45, 7) is 2.38. The normalized spacial score (nSPS) is 28.2. The second kappa shape index (κ2) is 6.67. The molecule has 0 spiro atoms. The van der Waals surface area contributed by atoms with Crippen LogP contribution in [0.5, 0.6) is 5.75 Å². The highest BCUT2D eigenvalue weighted by Gasteiger charge is 2.38. The molecule has 1 saturated carbocycles. The fourth-order valence-electron chi connectivity index (χ4n) is 3.88.